The number of hydrogen-bond acceptors (Lipinski definition) is 3. The molecule has 0 fully saturated rings. The van der Waals surface area contributed by atoms with Gasteiger partial charge in [0, 0.05) is 39.6 Å². The van der Waals surface area contributed by atoms with Crippen molar-refractivity contribution in [3.63, 3.8) is 0 Å². The summed E-state index contributed by atoms with van der Waals surface area (Å²) in [6.45, 7) is 0. The van der Waals surface area contributed by atoms with Gasteiger partial charge in [-0.3, -0.25) is 0 Å². The molecule has 0 unspecified atom stereocenters. The van der Waals surface area contributed by atoms with E-state index in [9.17, 15) is 0 Å². The molecular formula is C52H36N2O. The summed E-state index contributed by atoms with van der Waals surface area (Å²) in [7, 11) is 0. The predicted molar refractivity (Wildman–Crippen MR) is 231 cm³/mol. The first-order valence-corrected chi connectivity index (χ1v) is 18.7. The van der Waals surface area contributed by atoms with Gasteiger partial charge in [-0.15, -0.1) is 0 Å². The van der Waals surface area contributed by atoms with Crippen LogP contribution in [-0.2, 0) is 0 Å². The Morgan fingerprint density at radius 1 is 0.309 bits per heavy atom. The van der Waals surface area contributed by atoms with Crippen LogP contribution < -0.4 is 9.80 Å². The highest BCUT2D eigenvalue weighted by molar-refractivity contribution is 6.20. The average Bonchev–Trinajstić information content (AvgIpc) is 3.65. The second kappa shape index (κ2) is 13.9. The number of anilines is 6. The number of para-hydroxylation sites is 2. The summed E-state index contributed by atoms with van der Waals surface area (Å²) in [5, 5.41) is 4.38. The molecule has 0 radical (unpaired) electrons. The number of fused-ring (bicyclic) bond motifs is 5. The summed E-state index contributed by atoms with van der Waals surface area (Å²) in [4.78, 5) is 4.72. The second-order valence-electron chi connectivity index (χ2n) is 13.8. The van der Waals surface area contributed by atoms with Crippen molar-refractivity contribution in [3.05, 3.63) is 218 Å². The Morgan fingerprint density at radius 3 is 1.42 bits per heavy atom. The van der Waals surface area contributed by atoms with Gasteiger partial charge in [-0.2, -0.15) is 0 Å². The van der Waals surface area contributed by atoms with E-state index < -0.39 is 0 Å². The maximum atomic E-state index is 7.02. The molecular weight excluding hydrogens is 669 g/mol. The molecule has 0 amide bonds. The van der Waals surface area contributed by atoms with Crippen LogP contribution in [0.4, 0.5) is 34.1 Å². The summed E-state index contributed by atoms with van der Waals surface area (Å²) in [5.41, 5.74) is 12.6. The van der Waals surface area contributed by atoms with E-state index in [2.05, 4.69) is 228 Å². The van der Waals surface area contributed by atoms with Gasteiger partial charge in [0.15, 0.2) is 0 Å². The van der Waals surface area contributed by atoms with E-state index in [0.29, 0.717) is 0 Å². The van der Waals surface area contributed by atoms with E-state index >= 15 is 0 Å². The molecule has 260 valence electrons. The van der Waals surface area contributed by atoms with Crippen LogP contribution in [-0.4, -0.2) is 0 Å². The van der Waals surface area contributed by atoms with Crippen molar-refractivity contribution in [1.82, 2.24) is 0 Å². The first kappa shape index (κ1) is 32.3. The maximum Gasteiger partial charge on any atom is 0.143 e. The molecule has 0 aliphatic rings. The van der Waals surface area contributed by atoms with Crippen molar-refractivity contribution < 1.29 is 4.42 Å². The van der Waals surface area contributed by atoms with Crippen molar-refractivity contribution in [3.8, 4) is 22.3 Å². The van der Waals surface area contributed by atoms with E-state index in [-0.39, 0.29) is 0 Å². The number of nitrogens with zero attached hydrogens (tertiary/aromatic N) is 2. The fourth-order valence-corrected chi connectivity index (χ4v) is 7.84. The maximum absolute atomic E-state index is 7.02. The van der Waals surface area contributed by atoms with E-state index in [1.165, 1.54) is 11.1 Å². The van der Waals surface area contributed by atoms with Gasteiger partial charge in [-0.1, -0.05) is 152 Å². The normalized spacial score (nSPS) is 11.3. The lowest BCUT2D eigenvalue weighted by Gasteiger charge is -2.30. The Labute approximate surface area is 320 Å². The third-order valence-corrected chi connectivity index (χ3v) is 10.4. The zero-order chi connectivity index (χ0) is 36.6. The highest BCUT2D eigenvalue weighted by Gasteiger charge is 2.24. The predicted octanol–water partition coefficient (Wildman–Crippen LogP) is 15.0. The van der Waals surface area contributed by atoms with Gasteiger partial charge in [-0.05, 0) is 88.3 Å². The van der Waals surface area contributed by atoms with Crippen LogP contribution in [0.3, 0.4) is 0 Å². The van der Waals surface area contributed by atoms with Crippen LogP contribution in [0.5, 0.6) is 0 Å². The van der Waals surface area contributed by atoms with Gasteiger partial charge >= 0.3 is 0 Å². The van der Waals surface area contributed by atoms with Crippen molar-refractivity contribution in [1.29, 1.82) is 0 Å². The van der Waals surface area contributed by atoms with Gasteiger partial charge < -0.3 is 14.2 Å². The Morgan fingerprint density at radius 2 is 0.800 bits per heavy atom. The van der Waals surface area contributed by atoms with Gasteiger partial charge in [0.1, 0.15) is 11.2 Å². The van der Waals surface area contributed by atoms with Crippen molar-refractivity contribution in [2.45, 2.75) is 0 Å². The van der Waals surface area contributed by atoms with Crippen molar-refractivity contribution in [2.75, 3.05) is 9.80 Å². The molecule has 3 heteroatoms. The molecule has 10 aromatic rings. The zero-order valence-corrected chi connectivity index (χ0v) is 30.1. The molecule has 55 heavy (non-hydrogen) atoms. The summed E-state index contributed by atoms with van der Waals surface area (Å²) in [5.74, 6) is 0. The minimum atomic E-state index is 0.819. The quantitative estimate of drug-likeness (QED) is 0.157. The lowest BCUT2D eigenvalue weighted by Crippen LogP contribution is -2.13. The summed E-state index contributed by atoms with van der Waals surface area (Å²) in [6, 6.07) is 77.5. The minimum absolute atomic E-state index is 0.819. The highest BCUT2D eigenvalue weighted by Crippen LogP contribution is 2.49. The van der Waals surface area contributed by atoms with Crippen LogP contribution in [0.15, 0.2) is 223 Å². The average molecular weight is 705 g/mol. The molecule has 0 bridgehead atoms. The molecule has 3 nitrogen and oxygen atoms in total. The lowest BCUT2D eigenvalue weighted by molar-refractivity contribution is 0.673. The fraction of sp³-hybridized carbons (Fsp3) is 0. The Hall–Kier alpha value is -7.36. The molecule has 9 aromatic carbocycles. The third kappa shape index (κ3) is 5.98. The third-order valence-electron chi connectivity index (χ3n) is 10.4. The van der Waals surface area contributed by atoms with E-state index in [4.69, 9.17) is 4.42 Å². The zero-order valence-electron chi connectivity index (χ0n) is 30.1. The topological polar surface area (TPSA) is 19.6 Å². The van der Waals surface area contributed by atoms with Crippen molar-refractivity contribution >= 4 is 66.8 Å². The minimum Gasteiger partial charge on any atom is -0.455 e. The number of hydrogen-bond donors (Lipinski definition) is 0. The molecule has 0 spiro atoms. The van der Waals surface area contributed by atoms with E-state index in [1.54, 1.807) is 0 Å². The van der Waals surface area contributed by atoms with Crippen LogP contribution >= 0.6 is 0 Å². The largest absolute Gasteiger partial charge is 0.455 e. The molecule has 1 heterocycles. The smallest absolute Gasteiger partial charge is 0.143 e. The van der Waals surface area contributed by atoms with Crippen LogP contribution in [0.25, 0.3) is 55.0 Å². The summed E-state index contributed by atoms with van der Waals surface area (Å²) >= 11 is 0. The number of rotatable bonds is 8. The lowest BCUT2D eigenvalue weighted by atomic mass is 10.0. The Bertz CT molecular complexity index is 2920. The van der Waals surface area contributed by atoms with Gasteiger partial charge in [0.25, 0.3) is 0 Å². The number of furan rings is 1. The summed E-state index contributed by atoms with van der Waals surface area (Å²) < 4.78 is 7.02. The first-order valence-electron chi connectivity index (χ1n) is 18.7. The molecule has 10 rings (SSSR count). The Kier molecular flexibility index (Phi) is 8.16. The Balaban J connectivity index is 1.28. The van der Waals surface area contributed by atoms with Crippen molar-refractivity contribution in [2.24, 2.45) is 0 Å². The SMILES string of the molecule is c1ccc(-c2cccc(N(c3ccccc3)c3cc(N(c4ccccc4)c4cccc(-c5ccccc5)c4)c4c(c3)oc3c5ccccc5ccc34)c2)cc1. The first-order chi connectivity index (χ1) is 27.3. The summed E-state index contributed by atoms with van der Waals surface area (Å²) in [6.07, 6.45) is 0. The number of benzene rings is 9. The van der Waals surface area contributed by atoms with Crippen LogP contribution in [0, 0.1) is 0 Å². The molecule has 0 saturated heterocycles. The van der Waals surface area contributed by atoms with Crippen LogP contribution in [0.1, 0.15) is 0 Å². The molecule has 0 saturated carbocycles. The van der Waals surface area contributed by atoms with E-state index in [0.717, 1.165) is 78.0 Å². The second-order valence-corrected chi connectivity index (χ2v) is 13.8. The fourth-order valence-electron chi connectivity index (χ4n) is 7.84. The van der Waals surface area contributed by atoms with E-state index in [1.807, 2.05) is 0 Å². The molecule has 0 aliphatic carbocycles. The molecule has 0 N–H and O–H groups in total. The highest BCUT2D eigenvalue weighted by atomic mass is 16.3. The monoisotopic (exact) mass is 704 g/mol. The molecule has 0 aliphatic heterocycles. The standard InChI is InChI=1S/C52H36N2O/c1-5-17-37(18-6-1)40-22-15-28-44(33-40)53(42-24-9-3-10-25-42)46-35-49(51-48-32-31-39-21-13-14-30-47(39)52(48)55-50(51)36-46)54(43-26-11-4-12-27-43)45-29-16-23-41(34-45)38-19-7-2-8-20-38/h1-36H. The molecule has 1 aromatic heterocycles. The van der Waals surface area contributed by atoms with Gasteiger partial charge in [0.05, 0.1) is 16.8 Å². The van der Waals surface area contributed by atoms with Gasteiger partial charge in [0.2, 0.25) is 0 Å². The van der Waals surface area contributed by atoms with Gasteiger partial charge in [-0.25, -0.2) is 0 Å². The van der Waals surface area contributed by atoms with Crippen LogP contribution in [0.2, 0.25) is 0 Å². The molecule has 0 atom stereocenters.